The summed E-state index contributed by atoms with van der Waals surface area (Å²) in [6.07, 6.45) is 0.865. The van der Waals surface area contributed by atoms with Gasteiger partial charge in [-0.25, -0.2) is 9.50 Å². The smallest absolute Gasteiger partial charge is 0.294 e. The number of carbonyl (C=O) groups excluding carboxylic acids is 1. The highest BCUT2D eigenvalue weighted by molar-refractivity contribution is 7.10. The summed E-state index contributed by atoms with van der Waals surface area (Å²) in [7, 11) is 0. The second-order valence-corrected chi connectivity index (χ2v) is 8.63. The van der Waals surface area contributed by atoms with Gasteiger partial charge in [-0.15, -0.1) is 27.8 Å². The maximum atomic E-state index is 13.4. The molecule has 1 unspecified atom stereocenters. The van der Waals surface area contributed by atoms with Crippen LogP contribution >= 0.6 is 22.7 Å². The van der Waals surface area contributed by atoms with E-state index in [4.69, 9.17) is 0 Å². The van der Waals surface area contributed by atoms with Gasteiger partial charge in [0, 0.05) is 27.7 Å². The molecular weight excluding hydrogens is 378 g/mol. The van der Waals surface area contributed by atoms with Gasteiger partial charge in [-0.05, 0) is 54.8 Å². The van der Waals surface area contributed by atoms with E-state index in [1.54, 1.807) is 27.2 Å². The lowest BCUT2D eigenvalue weighted by Gasteiger charge is -2.34. The lowest BCUT2D eigenvalue weighted by Crippen LogP contribution is -2.40. The molecule has 5 heterocycles. The number of aryl methyl sites for hydroxylation is 2. The molecule has 0 aromatic carbocycles. The molecule has 0 fully saturated rings. The number of amides is 1. The first-order valence-electron chi connectivity index (χ1n) is 8.73. The second-order valence-electron chi connectivity index (χ2n) is 6.65. The Hall–Kier alpha value is -2.58. The summed E-state index contributed by atoms with van der Waals surface area (Å²) >= 11 is 3.44. The van der Waals surface area contributed by atoms with Crippen molar-refractivity contribution in [1.82, 2.24) is 24.5 Å². The minimum atomic E-state index is -0.146. The van der Waals surface area contributed by atoms with Crippen LogP contribution in [0, 0.1) is 13.8 Å². The summed E-state index contributed by atoms with van der Waals surface area (Å²) in [6, 6.07) is 8.12. The van der Waals surface area contributed by atoms with Gasteiger partial charge in [0.2, 0.25) is 5.82 Å². The molecule has 0 spiro atoms. The Bertz CT molecular complexity index is 1140. The summed E-state index contributed by atoms with van der Waals surface area (Å²) < 4.78 is 1.64. The Kier molecular flexibility index (Phi) is 3.84. The molecule has 0 bridgehead atoms. The van der Waals surface area contributed by atoms with Crippen molar-refractivity contribution in [2.24, 2.45) is 0 Å². The maximum Gasteiger partial charge on any atom is 0.294 e. The van der Waals surface area contributed by atoms with Crippen molar-refractivity contribution in [2.75, 3.05) is 6.54 Å². The molecule has 0 saturated heterocycles. The summed E-state index contributed by atoms with van der Waals surface area (Å²) in [6.45, 7) is 4.52. The molecule has 0 radical (unpaired) electrons. The first-order valence-corrected chi connectivity index (χ1v) is 10.5. The van der Waals surface area contributed by atoms with E-state index in [-0.39, 0.29) is 17.8 Å². The SMILES string of the molecule is Cc1cc(C)n2nc(C(=O)N3CCc4sccc4C3c3cccs3)nc2n1. The monoisotopic (exact) mass is 395 g/mol. The number of aromatic nitrogens is 4. The van der Waals surface area contributed by atoms with E-state index in [0.717, 1.165) is 22.7 Å². The van der Waals surface area contributed by atoms with Crippen LogP contribution in [0.1, 0.15) is 43.4 Å². The summed E-state index contributed by atoms with van der Waals surface area (Å²) in [5.41, 5.74) is 3.00. The van der Waals surface area contributed by atoms with Crippen molar-refractivity contribution in [3.63, 3.8) is 0 Å². The van der Waals surface area contributed by atoms with Crippen molar-refractivity contribution in [3.05, 3.63) is 67.6 Å². The van der Waals surface area contributed by atoms with Gasteiger partial charge in [-0.1, -0.05) is 6.07 Å². The Labute approximate surface area is 164 Å². The van der Waals surface area contributed by atoms with Crippen LogP contribution in [0.25, 0.3) is 5.78 Å². The van der Waals surface area contributed by atoms with Crippen LogP contribution in [-0.4, -0.2) is 36.9 Å². The second kappa shape index (κ2) is 6.24. The van der Waals surface area contributed by atoms with Crippen molar-refractivity contribution in [1.29, 1.82) is 0 Å². The van der Waals surface area contributed by atoms with E-state index < -0.39 is 0 Å². The molecule has 0 saturated carbocycles. The number of fused-ring (bicyclic) bond motifs is 2. The molecule has 27 heavy (non-hydrogen) atoms. The minimum Gasteiger partial charge on any atom is -0.323 e. The third kappa shape index (κ3) is 2.67. The predicted octanol–water partition coefficient (Wildman–Crippen LogP) is 3.65. The predicted molar refractivity (Wildman–Crippen MR) is 105 cm³/mol. The fourth-order valence-corrected chi connectivity index (χ4v) is 5.43. The van der Waals surface area contributed by atoms with Gasteiger partial charge in [-0.2, -0.15) is 4.98 Å². The Morgan fingerprint density at radius 1 is 1.19 bits per heavy atom. The van der Waals surface area contributed by atoms with Crippen molar-refractivity contribution >= 4 is 34.4 Å². The fourth-order valence-electron chi connectivity index (χ4n) is 3.67. The highest BCUT2D eigenvalue weighted by Crippen LogP contribution is 2.39. The number of carbonyl (C=O) groups is 1. The topological polar surface area (TPSA) is 63.4 Å². The number of hydrogen-bond donors (Lipinski definition) is 0. The lowest BCUT2D eigenvalue weighted by atomic mass is 9.98. The lowest BCUT2D eigenvalue weighted by molar-refractivity contribution is 0.0686. The van der Waals surface area contributed by atoms with Crippen LogP contribution in [-0.2, 0) is 6.42 Å². The molecule has 0 N–H and O–H groups in total. The van der Waals surface area contributed by atoms with Crippen LogP contribution in [0.4, 0.5) is 0 Å². The number of rotatable bonds is 2. The van der Waals surface area contributed by atoms with E-state index in [1.807, 2.05) is 30.9 Å². The van der Waals surface area contributed by atoms with Gasteiger partial charge >= 0.3 is 0 Å². The molecule has 1 aliphatic rings. The van der Waals surface area contributed by atoms with Gasteiger partial charge in [0.15, 0.2) is 0 Å². The van der Waals surface area contributed by atoms with Gasteiger partial charge in [0.1, 0.15) is 0 Å². The first-order chi connectivity index (χ1) is 13.1. The average Bonchev–Trinajstić information content (AvgIpc) is 3.39. The van der Waals surface area contributed by atoms with Gasteiger partial charge in [0.25, 0.3) is 11.7 Å². The molecule has 1 amide bonds. The molecule has 6 nitrogen and oxygen atoms in total. The van der Waals surface area contributed by atoms with Crippen molar-refractivity contribution in [2.45, 2.75) is 26.3 Å². The zero-order chi connectivity index (χ0) is 18.5. The van der Waals surface area contributed by atoms with E-state index in [1.165, 1.54) is 10.4 Å². The Morgan fingerprint density at radius 2 is 2.07 bits per heavy atom. The first kappa shape index (κ1) is 16.6. The molecule has 0 aliphatic carbocycles. The molecule has 8 heteroatoms. The number of nitrogens with zero attached hydrogens (tertiary/aromatic N) is 5. The van der Waals surface area contributed by atoms with Crippen LogP contribution < -0.4 is 0 Å². The normalized spacial score (nSPS) is 16.7. The zero-order valence-electron chi connectivity index (χ0n) is 14.9. The molecule has 1 aliphatic heterocycles. The van der Waals surface area contributed by atoms with Gasteiger partial charge in [0.05, 0.1) is 6.04 Å². The minimum absolute atomic E-state index is 0.0742. The Morgan fingerprint density at radius 3 is 2.89 bits per heavy atom. The molecule has 136 valence electrons. The molecule has 4 aromatic heterocycles. The van der Waals surface area contributed by atoms with E-state index in [2.05, 4.69) is 38.0 Å². The summed E-state index contributed by atoms with van der Waals surface area (Å²) in [5.74, 6) is 0.529. The van der Waals surface area contributed by atoms with Crippen molar-refractivity contribution in [3.8, 4) is 0 Å². The molecule has 5 rings (SSSR count). The van der Waals surface area contributed by atoms with Crippen LogP contribution in [0.15, 0.2) is 35.0 Å². The molecule has 1 atom stereocenters. The number of thiophene rings is 2. The number of hydrogen-bond acceptors (Lipinski definition) is 6. The van der Waals surface area contributed by atoms with E-state index >= 15 is 0 Å². The van der Waals surface area contributed by atoms with Crippen LogP contribution in [0.5, 0.6) is 0 Å². The highest BCUT2D eigenvalue weighted by atomic mass is 32.1. The maximum absolute atomic E-state index is 13.4. The quantitative estimate of drug-likeness (QED) is 0.520. The fraction of sp³-hybridized carbons (Fsp3) is 0.263. The third-order valence-corrected chi connectivity index (χ3v) is 6.77. The van der Waals surface area contributed by atoms with Crippen LogP contribution in [0.3, 0.4) is 0 Å². The highest BCUT2D eigenvalue weighted by Gasteiger charge is 2.35. The zero-order valence-corrected chi connectivity index (χ0v) is 16.5. The largest absolute Gasteiger partial charge is 0.323 e. The van der Waals surface area contributed by atoms with Gasteiger partial charge < -0.3 is 4.90 Å². The summed E-state index contributed by atoms with van der Waals surface area (Å²) in [4.78, 5) is 26.6. The average molecular weight is 396 g/mol. The third-order valence-electron chi connectivity index (χ3n) is 4.85. The molecular formula is C19H17N5OS2. The van der Waals surface area contributed by atoms with E-state index in [0.29, 0.717) is 12.3 Å². The molecule has 4 aromatic rings. The standard InChI is InChI=1S/C19H17N5OS2/c1-11-10-12(2)24-19(20-11)21-17(22-24)18(25)23-7-5-14-13(6-9-27-14)16(23)15-4-3-8-26-15/h3-4,6,8-10,16H,5,7H2,1-2H3. The van der Waals surface area contributed by atoms with Gasteiger partial charge in [-0.3, -0.25) is 4.79 Å². The van der Waals surface area contributed by atoms with E-state index in [9.17, 15) is 4.79 Å². The van der Waals surface area contributed by atoms with Crippen LogP contribution in [0.2, 0.25) is 0 Å². The van der Waals surface area contributed by atoms with Crippen molar-refractivity contribution < 1.29 is 4.79 Å². The Balaban J connectivity index is 1.59. The summed E-state index contributed by atoms with van der Waals surface area (Å²) in [5, 5.41) is 8.61.